The largest absolute Gasteiger partial charge is 0.457 e. The summed E-state index contributed by atoms with van der Waals surface area (Å²) in [4.78, 5) is 1.73. The highest BCUT2D eigenvalue weighted by Gasteiger charge is 2.19. The topological polar surface area (TPSA) is 47.2 Å². The Labute approximate surface area is 98.6 Å². The van der Waals surface area contributed by atoms with E-state index in [-0.39, 0.29) is 11.7 Å². The van der Waals surface area contributed by atoms with Gasteiger partial charge in [-0.25, -0.2) is 0 Å². The number of ether oxygens (including phenoxy) is 2. The molecule has 4 nitrogen and oxygen atoms in total. The smallest absolute Gasteiger partial charge is 0.257 e. The molecule has 1 aromatic heterocycles. The molecule has 1 N–H and O–H groups in total. The van der Waals surface area contributed by atoms with Crippen molar-refractivity contribution in [3.8, 4) is 0 Å². The van der Waals surface area contributed by atoms with E-state index >= 15 is 0 Å². The lowest BCUT2D eigenvalue weighted by Gasteiger charge is -2.15. The molecule has 0 aromatic carbocycles. The first-order valence-corrected chi connectivity index (χ1v) is 6.00. The van der Waals surface area contributed by atoms with Crippen LogP contribution in [0.25, 0.3) is 0 Å². The van der Waals surface area contributed by atoms with Gasteiger partial charge in [0, 0.05) is 11.1 Å². The zero-order valence-electron chi connectivity index (χ0n) is 9.69. The second-order valence-electron chi connectivity index (χ2n) is 4.78. The molecule has 0 unspecified atom stereocenters. The van der Waals surface area contributed by atoms with E-state index in [0.717, 1.165) is 0 Å². The lowest BCUT2D eigenvalue weighted by atomic mass is 9.95. The highest BCUT2D eigenvalue weighted by molar-refractivity contribution is 7.09. The monoisotopic (exact) mass is 240 g/mol. The molecule has 0 atom stereocenters. The average molecular weight is 240 g/mol. The summed E-state index contributed by atoms with van der Waals surface area (Å²) >= 11 is 1.50. The molecule has 1 aliphatic rings. The molecular formula is C11H16N2O2S. The van der Waals surface area contributed by atoms with Crippen LogP contribution in [0.4, 0.5) is 0 Å². The molecule has 1 aromatic rings. The maximum absolute atomic E-state index is 7.89. The number of rotatable bonds is 2. The van der Waals surface area contributed by atoms with Crippen LogP contribution in [0.5, 0.6) is 0 Å². The van der Waals surface area contributed by atoms with E-state index in [9.17, 15) is 0 Å². The second kappa shape index (κ2) is 3.97. The molecule has 0 saturated heterocycles. The Bertz CT molecular complexity index is 445. The van der Waals surface area contributed by atoms with E-state index in [1.54, 1.807) is 0 Å². The Morgan fingerprint density at radius 2 is 2.00 bits per heavy atom. The van der Waals surface area contributed by atoms with Crippen molar-refractivity contribution in [2.45, 2.75) is 39.0 Å². The van der Waals surface area contributed by atoms with Gasteiger partial charge in [-0.2, -0.15) is 0 Å². The van der Waals surface area contributed by atoms with Crippen LogP contribution in [0, 0.1) is 5.41 Å². The van der Waals surface area contributed by atoms with Crippen LogP contribution < -0.4 is 4.80 Å². The van der Waals surface area contributed by atoms with Crippen molar-refractivity contribution in [3.05, 3.63) is 28.4 Å². The molecule has 5 heteroatoms. The minimum Gasteiger partial charge on any atom is -0.457 e. The molecule has 2 rings (SSSR count). The molecule has 0 amide bonds. The van der Waals surface area contributed by atoms with Gasteiger partial charge in [-0.1, -0.05) is 20.8 Å². The SMILES string of the molecule is CC(C)(C)c1cn(CC2OC=CO2)c(=N)s1. The van der Waals surface area contributed by atoms with Gasteiger partial charge >= 0.3 is 0 Å². The highest BCUT2D eigenvalue weighted by atomic mass is 32.1. The van der Waals surface area contributed by atoms with Crippen LogP contribution >= 0.6 is 11.3 Å². The molecule has 2 heterocycles. The van der Waals surface area contributed by atoms with Gasteiger partial charge in [-0.3, -0.25) is 5.41 Å². The van der Waals surface area contributed by atoms with Crippen molar-refractivity contribution in [2.24, 2.45) is 0 Å². The summed E-state index contributed by atoms with van der Waals surface area (Å²) in [6.45, 7) is 6.99. The van der Waals surface area contributed by atoms with Gasteiger partial charge in [0.1, 0.15) is 12.5 Å². The average Bonchev–Trinajstić information content (AvgIpc) is 2.76. The molecular weight excluding hydrogens is 224 g/mol. The van der Waals surface area contributed by atoms with Crippen LogP contribution in [0.2, 0.25) is 0 Å². The minimum atomic E-state index is -0.295. The number of nitrogens with zero attached hydrogens (tertiary/aromatic N) is 1. The molecule has 16 heavy (non-hydrogen) atoms. The minimum absolute atomic E-state index is 0.0847. The first-order chi connectivity index (χ1) is 7.47. The molecule has 88 valence electrons. The summed E-state index contributed by atoms with van der Waals surface area (Å²) in [6, 6.07) is 0. The van der Waals surface area contributed by atoms with E-state index in [2.05, 4.69) is 20.8 Å². The third kappa shape index (κ3) is 2.29. The van der Waals surface area contributed by atoms with E-state index < -0.39 is 0 Å². The number of hydrogen-bond acceptors (Lipinski definition) is 4. The Hall–Kier alpha value is -1.23. The third-order valence-corrected chi connectivity index (χ3v) is 3.71. The van der Waals surface area contributed by atoms with Crippen LogP contribution in [0.3, 0.4) is 0 Å². The van der Waals surface area contributed by atoms with Gasteiger partial charge in [0.2, 0.25) is 0 Å². The fourth-order valence-electron chi connectivity index (χ4n) is 1.39. The zero-order valence-corrected chi connectivity index (χ0v) is 10.5. The molecule has 0 aliphatic carbocycles. The number of nitrogens with one attached hydrogen (secondary N) is 1. The van der Waals surface area contributed by atoms with Gasteiger partial charge in [0.05, 0.1) is 6.54 Å². The Kier molecular flexibility index (Phi) is 2.80. The van der Waals surface area contributed by atoms with Crippen LogP contribution in [-0.4, -0.2) is 10.9 Å². The van der Waals surface area contributed by atoms with E-state index in [1.165, 1.54) is 28.7 Å². The van der Waals surface area contributed by atoms with Crippen LogP contribution in [0.1, 0.15) is 25.6 Å². The van der Waals surface area contributed by atoms with Gasteiger partial charge in [0.25, 0.3) is 6.29 Å². The number of aromatic nitrogens is 1. The molecule has 1 aliphatic heterocycles. The van der Waals surface area contributed by atoms with Crippen molar-refractivity contribution >= 4 is 11.3 Å². The van der Waals surface area contributed by atoms with Crippen molar-refractivity contribution in [1.82, 2.24) is 4.57 Å². The molecule has 0 spiro atoms. The summed E-state index contributed by atoms with van der Waals surface area (Å²) in [7, 11) is 0. The van der Waals surface area contributed by atoms with Gasteiger partial charge < -0.3 is 14.0 Å². The lowest BCUT2D eigenvalue weighted by molar-refractivity contribution is -0.0347. The molecule has 0 fully saturated rings. The summed E-state index contributed by atoms with van der Waals surface area (Å²) in [5.41, 5.74) is 0.0847. The lowest BCUT2D eigenvalue weighted by Crippen LogP contribution is -2.22. The molecule has 0 radical (unpaired) electrons. The predicted octanol–water partition coefficient (Wildman–Crippen LogP) is 2.17. The van der Waals surface area contributed by atoms with Crippen molar-refractivity contribution < 1.29 is 9.47 Å². The maximum atomic E-state index is 7.89. The normalized spacial score (nSPS) is 16.2. The van der Waals surface area contributed by atoms with E-state index in [4.69, 9.17) is 14.9 Å². The summed E-state index contributed by atoms with van der Waals surface area (Å²) in [5, 5.41) is 7.89. The van der Waals surface area contributed by atoms with Crippen molar-refractivity contribution in [3.63, 3.8) is 0 Å². The molecule has 0 bridgehead atoms. The summed E-state index contributed by atoms with van der Waals surface area (Å²) in [6.07, 6.45) is 4.78. The first-order valence-electron chi connectivity index (χ1n) is 5.18. The quantitative estimate of drug-likeness (QED) is 0.861. The van der Waals surface area contributed by atoms with Crippen molar-refractivity contribution in [1.29, 1.82) is 5.41 Å². The predicted molar refractivity (Wildman–Crippen MR) is 62.0 cm³/mol. The summed E-state index contributed by atoms with van der Waals surface area (Å²) < 4.78 is 12.3. The fourth-order valence-corrected chi connectivity index (χ4v) is 2.33. The van der Waals surface area contributed by atoms with Gasteiger partial charge in [0.15, 0.2) is 4.80 Å². The maximum Gasteiger partial charge on any atom is 0.257 e. The highest BCUT2D eigenvalue weighted by Crippen LogP contribution is 2.24. The molecule has 0 saturated carbocycles. The summed E-state index contributed by atoms with van der Waals surface area (Å²) in [5.74, 6) is 0. The second-order valence-corrected chi connectivity index (χ2v) is 5.81. The van der Waals surface area contributed by atoms with Crippen molar-refractivity contribution in [2.75, 3.05) is 0 Å². The first kappa shape index (κ1) is 11.3. The zero-order chi connectivity index (χ0) is 11.8. The van der Waals surface area contributed by atoms with Crippen LogP contribution in [-0.2, 0) is 21.4 Å². The fraction of sp³-hybridized carbons (Fsp3) is 0.545. The van der Waals surface area contributed by atoms with Gasteiger partial charge in [-0.05, 0) is 5.41 Å². The van der Waals surface area contributed by atoms with Crippen LogP contribution in [0.15, 0.2) is 18.7 Å². The van der Waals surface area contributed by atoms with Gasteiger partial charge in [-0.15, -0.1) is 11.3 Å². The Morgan fingerprint density at radius 1 is 1.38 bits per heavy atom. The van der Waals surface area contributed by atoms with E-state index in [1.807, 2.05) is 10.8 Å². The third-order valence-electron chi connectivity index (χ3n) is 2.34. The number of thiazole rings is 1. The standard InChI is InChI=1S/C11H16N2O2S/c1-11(2,3)8-6-13(10(12)16-8)7-9-14-4-5-15-9/h4-6,9,12H,7H2,1-3H3. The number of hydrogen-bond donors (Lipinski definition) is 1. The Morgan fingerprint density at radius 3 is 2.50 bits per heavy atom. The Balaban J connectivity index is 2.16. The van der Waals surface area contributed by atoms with E-state index in [0.29, 0.717) is 11.3 Å².